The fourth-order valence-electron chi connectivity index (χ4n) is 1.22. The number of nitriles is 2. The molecule has 1 heterocycles. The van der Waals surface area contributed by atoms with E-state index >= 15 is 0 Å². The van der Waals surface area contributed by atoms with Crippen LogP contribution >= 0.6 is 0 Å². The van der Waals surface area contributed by atoms with Gasteiger partial charge in [0.2, 0.25) is 0 Å². The van der Waals surface area contributed by atoms with Gasteiger partial charge in [-0.1, -0.05) is 6.92 Å². The molecule has 0 saturated carbocycles. The average Bonchev–Trinajstić information content (AvgIpc) is 2.51. The number of nitrogens with zero attached hydrogens (tertiary/aromatic N) is 4. The first-order valence-corrected chi connectivity index (χ1v) is 4.36. The van der Waals surface area contributed by atoms with Crippen molar-refractivity contribution in [2.45, 2.75) is 26.3 Å². The number of aryl methyl sites for hydroxylation is 2. The number of nitrogens with two attached hydrogens (primary N) is 1. The summed E-state index contributed by atoms with van der Waals surface area (Å²) in [6, 6.07) is 4.03. The Kier molecular flexibility index (Phi) is 3.09. The molecule has 14 heavy (non-hydrogen) atoms. The van der Waals surface area contributed by atoms with Crippen LogP contribution in [0, 0.1) is 22.7 Å². The van der Waals surface area contributed by atoms with Crippen LogP contribution in [0.1, 0.15) is 24.6 Å². The van der Waals surface area contributed by atoms with Crippen LogP contribution in [0.3, 0.4) is 0 Å². The van der Waals surface area contributed by atoms with E-state index in [0.717, 1.165) is 0 Å². The molecule has 1 rings (SSSR count). The van der Waals surface area contributed by atoms with E-state index in [2.05, 4.69) is 5.10 Å². The van der Waals surface area contributed by atoms with Crippen molar-refractivity contribution >= 4 is 5.82 Å². The van der Waals surface area contributed by atoms with Crippen molar-refractivity contribution in [2.75, 3.05) is 5.73 Å². The summed E-state index contributed by atoms with van der Waals surface area (Å²) in [6.45, 7) is 2.36. The zero-order chi connectivity index (χ0) is 10.6. The standard InChI is InChI=1S/C9H11N5/c1-2-8-7(6-11)9(12)14(13-8)5-3-4-10/h2-3,5,12H2,1H3. The zero-order valence-corrected chi connectivity index (χ0v) is 7.99. The molecule has 0 unspecified atom stereocenters. The summed E-state index contributed by atoms with van der Waals surface area (Å²) < 4.78 is 1.51. The molecule has 0 aliphatic rings. The first-order chi connectivity index (χ1) is 6.74. The minimum Gasteiger partial charge on any atom is -0.383 e. The fraction of sp³-hybridized carbons (Fsp3) is 0.444. The lowest BCUT2D eigenvalue weighted by molar-refractivity contribution is 0.627. The topological polar surface area (TPSA) is 91.4 Å². The molecule has 1 aromatic heterocycles. The molecular formula is C9H11N5. The van der Waals surface area contributed by atoms with Crippen LogP contribution in [0.4, 0.5) is 5.82 Å². The lowest BCUT2D eigenvalue weighted by Crippen LogP contribution is -2.04. The number of aromatic nitrogens is 2. The zero-order valence-electron chi connectivity index (χ0n) is 7.99. The van der Waals surface area contributed by atoms with Crippen molar-refractivity contribution in [1.82, 2.24) is 9.78 Å². The van der Waals surface area contributed by atoms with Gasteiger partial charge >= 0.3 is 0 Å². The summed E-state index contributed by atoms with van der Waals surface area (Å²) in [7, 11) is 0. The van der Waals surface area contributed by atoms with Gasteiger partial charge in [-0.2, -0.15) is 15.6 Å². The lowest BCUT2D eigenvalue weighted by Gasteiger charge is -1.98. The Morgan fingerprint density at radius 1 is 1.50 bits per heavy atom. The number of hydrogen-bond acceptors (Lipinski definition) is 4. The molecule has 5 nitrogen and oxygen atoms in total. The highest BCUT2D eigenvalue weighted by Gasteiger charge is 2.12. The summed E-state index contributed by atoms with van der Waals surface area (Å²) in [6.07, 6.45) is 1.02. The highest BCUT2D eigenvalue weighted by atomic mass is 15.3. The summed E-state index contributed by atoms with van der Waals surface area (Å²) >= 11 is 0. The van der Waals surface area contributed by atoms with Crippen LogP contribution in [0.15, 0.2) is 0 Å². The molecule has 1 aromatic rings. The van der Waals surface area contributed by atoms with Gasteiger partial charge in [0.15, 0.2) is 0 Å². The monoisotopic (exact) mass is 189 g/mol. The summed E-state index contributed by atoms with van der Waals surface area (Å²) in [5.41, 5.74) is 6.83. The third kappa shape index (κ3) is 1.67. The minimum absolute atomic E-state index is 0.347. The van der Waals surface area contributed by atoms with Crippen molar-refractivity contribution in [1.29, 1.82) is 10.5 Å². The van der Waals surface area contributed by atoms with Gasteiger partial charge in [0.05, 0.1) is 24.7 Å². The Morgan fingerprint density at radius 2 is 2.21 bits per heavy atom. The molecular weight excluding hydrogens is 178 g/mol. The molecule has 0 spiro atoms. The van der Waals surface area contributed by atoms with E-state index in [1.807, 2.05) is 19.1 Å². The molecule has 2 N–H and O–H groups in total. The van der Waals surface area contributed by atoms with Gasteiger partial charge in [-0.15, -0.1) is 0 Å². The van der Waals surface area contributed by atoms with Gasteiger partial charge in [0.25, 0.3) is 0 Å². The lowest BCUT2D eigenvalue weighted by atomic mass is 10.2. The van der Waals surface area contributed by atoms with Crippen molar-refractivity contribution < 1.29 is 0 Å². The number of hydrogen-bond donors (Lipinski definition) is 1. The van der Waals surface area contributed by atoms with E-state index in [1.54, 1.807) is 0 Å². The van der Waals surface area contributed by atoms with Crippen molar-refractivity contribution in [2.24, 2.45) is 0 Å². The van der Waals surface area contributed by atoms with E-state index in [9.17, 15) is 0 Å². The molecule has 0 amide bonds. The largest absolute Gasteiger partial charge is 0.383 e. The molecule has 5 heteroatoms. The fourth-order valence-corrected chi connectivity index (χ4v) is 1.22. The van der Waals surface area contributed by atoms with Crippen LogP contribution in [0.2, 0.25) is 0 Å². The first kappa shape index (κ1) is 10.1. The quantitative estimate of drug-likeness (QED) is 0.761. The molecule has 0 fully saturated rings. The maximum atomic E-state index is 8.82. The smallest absolute Gasteiger partial charge is 0.140 e. The molecule has 0 aliphatic carbocycles. The molecule has 0 aliphatic heterocycles. The third-order valence-corrected chi connectivity index (χ3v) is 1.95. The molecule has 0 saturated heterocycles. The van der Waals surface area contributed by atoms with Crippen LogP contribution in [-0.4, -0.2) is 9.78 Å². The maximum Gasteiger partial charge on any atom is 0.140 e. The molecule has 0 radical (unpaired) electrons. The predicted octanol–water partition coefficient (Wildman–Crippen LogP) is 0.813. The highest BCUT2D eigenvalue weighted by Crippen LogP contribution is 2.16. The second-order valence-corrected chi connectivity index (χ2v) is 2.80. The normalized spacial score (nSPS) is 9.36. The molecule has 0 atom stereocenters. The second-order valence-electron chi connectivity index (χ2n) is 2.80. The van der Waals surface area contributed by atoms with Crippen LogP contribution in [0.5, 0.6) is 0 Å². The Morgan fingerprint density at radius 3 is 2.64 bits per heavy atom. The summed E-state index contributed by atoms with van der Waals surface area (Å²) in [4.78, 5) is 0. The van der Waals surface area contributed by atoms with Gasteiger partial charge in [-0.25, -0.2) is 4.68 Å². The SMILES string of the molecule is CCc1nn(CCC#N)c(N)c1C#N. The Balaban J connectivity index is 3.04. The van der Waals surface area contributed by atoms with Gasteiger partial charge in [0, 0.05) is 0 Å². The van der Waals surface area contributed by atoms with Crippen molar-refractivity contribution in [3.8, 4) is 12.1 Å². The van der Waals surface area contributed by atoms with Crippen LogP contribution < -0.4 is 5.73 Å². The molecule has 0 aromatic carbocycles. The Labute approximate surface area is 82.4 Å². The summed E-state index contributed by atoms with van der Waals surface area (Å²) in [5.74, 6) is 0.361. The van der Waals surface area contributed by atoms with Gasteiger partial charge in [-0.3, -0.25) is 0 Å². The van der Waals surface area contributed by atoms with E-state index < -0.39 is 0 Å². The van der Waals surface area contributed by atoms with Crippen LogP contribution in [-0.2, 0) is 13.0 Å². The van der Waals surface area contributed by atoms with Gasteiger partial charge in [-0.05, 0) is 6.42 Å². The summed E-state index contributed by atoms with van der Waals surface area (Å²) in [5, 5.41) is 21.4. The number of nitrogen functional groups attached to an aromatic ring is 1. The van der Waals surface area contributed by atoms with Crippen molar-refractivity contribution in [3.05, 3.63) is 11.3 Å². The second kappa shape index (κ2) is 4.29. The average molecular weight is 189 g/mol. The first-order valence-electron chi connectivity index (χ1n) is 4.36. The van der Waals surface area contributed by atoms with E-state index in [-0.39, 0.29) is 0 Å². The number of rotatable bonds is 3. The number of anilines is 1. The maximum absolute atomic E-state index is 8.82. The van der Waals surface area contributed by atoms with E-state index in [4.69, 9.17) is 16.3 Å². The molecule has 0 bridgehead atoms. The van der Waals surface area contributed by atoms with Crippen molar-refractivity contribution in [3.63, 3.8) is 0 Å². The third-order valence-electron chi connectivity index (χ3n) is 1.95. The minimum atomic E-state index is 0.347. The Hall–Kier alpha value is -2.01. The van der Waals surface area contributed by atoms with E-state index in [0.29, 0.717) is 36.5 Å². The molecule has 72 valence electrons. The Bertz CT molecular complexity index is 404. The van der Waals surface area contributed by atoms with Gasteiger partial charge in [0.1, 0.15) is 17.5 Å². The predicted molar refractivity (Wildman–Crippen MR) is 51.0 cm³/mol. The van der Waals surface area contributed by atoms with Crippen LogP contribution in [0.25, 0.3) is 0 Å². The van der Waals surface area contributed by atoms with E-state index in [1.165, 1.54) is 4.68 Å². The highest BCUT2D eigenvalue weighted by molar-refractivity contribution is 5.52. The van der Waals surface area contributed by atoms with Gasteiger partial charge < -0.3 is 5.73 Å².